The molecule has 0 aromatic carbocycles. The van der Waals surface area contributed by atoms with E-state index in [4.69, 9.17) is 5.73 Å². The third-order valence-corrected chi connectivity index (χ3v) is 4.33. The van der Waals surface area contributed by atoms with Gasteiger partial charge >= 0.3 is 0 Å². The maximum atomic E-state index is 9.38. The summed E-state index contributed by atoms with van der Waals surface area (Å²) in [5.74, 6) is 0.872. The van der Waals surface area contributed by atoms with E-state index in [1.165, 1.54) is 45.3 Å². The third-order valence-electron chi connectivity index (χ3n) is 4.33. The van der Waals surface area contributed by atoms with Crippen LogP contribution in [0.5, 0.6) is 0 Å². The molecule has 118 valence electrons. The molecule has 0 bridgehead atoms. The largest absolute Gasteiger partial charge is 0.322 e. The first kappa shape index (κ1) is 17.6. The van der Waals surface area contributed by atoms with Gasteiger partial charge in [-0.25, -0.2) is 0 Å². The Morgan fingerprint density at radius 2 is 1.90 bits per heavy atom. The second-order valence-corrected chi connectivity index (χ2v) is 6.85. The fraction of sp³-hybridized carbons (Fsp3) is 0.938. The number of likely N-dealkylation sites (N-methyl/N-ethyl adjacent to an activating group) is 1. The van der Waals surface area contributed by atoms with Crippen molar-refractivity contribution in [3.05, 3.63) is 0 Å². The Balaban J connectivity index is 0.000000347. The number of piperazine rings is 1. The van der Waals surface area contributed by atoms with E-state index in [1.54, 1.807) is 6.92 Å². The van der Waals surface area contributed by atoms with Crippen molar-refractivity contribution in [2.24, 2.45) is 11.7 Å². The van der Waals surface area contributed by atoms with Crippen molar-refractivity contribution < 1.29 is 4.79 Å². The Hall–Kier alpha value is -0.450. The van der Waals surface area contributed by atoms with Crippen molar-refractivity contribution in [1.82, 2.24) is 9.80 Å². The van der Waals surface area contributed by atoms with Gasteiger partial charge < -0.3 is 15.4 Å². The molecule has 2 fully saturated rings. The second kappa shape index (κ2) is 8.75. The summed E-state index contributed by atoms with van der Waals surface area (Å²) in [7, 11) is 2.26. The van der Waals surface area contributed by atoms with E-state index >= 15 is 0 Å². The lowest BCUT2D eigenvalue weighted by Gasteiger charge is -2.38. The quantitative estimate of drug-likeness (QED) is 0.798. The number of carbonyl (C=O) groups is 1. The number of fused-ring (bicyclic) bond motifs is 1. The first-order valence-electron chi connectivity index (χ1n) is 8.09. The van der Waals surface area contributed by atoms with Gasteiger partial charge in [0.15, 0.2) is 0 Å². The van der Waals surface area contributed by atoms with Crippen molar-refractivity contribution in [2.45, 2.75) is 64.6 Å². The fourth-order valence-electron chi connectivity index (χ4n) is 3.15. The van der Waals surface area contributed by atoms with Crippen molar-refractivity contribution in [1.29, 1.82) is 0 Å². The molecule has 2 aliphatic heterocycles. The van der Waals surface area contributed by atoms with Crippen LogP contribution >= 0.6 is 0 Å². The van der Waals surface area contributed by atoms with Gasteiger partial charge in [0.25, 0.3) is 0 Å². The molecule has 3 unspecified atom stereocenters. The number of carbonyl (C=O) groups excluding carboxylic acids is 1. The molecule has 0 spiro atoms. The van der Waals surface area contributed by atoms with Crippen LogP contribution in [0.4, 0.5) is 0 Å². The molecule has 0 radical (unpaired) electrons. The number of hydrogen-bond donors (Lipinski definition) is 1. The molecular formula is C16H33N3O. The Bertz CT molecular complexity index is 281. The molecule has 0 aromatic rings. The van der Waals surface area contributed by atoms with Gasteiger partial charge in [-0.2, -0.15) is 0 Å². The Kier molecular flexibility index (Phi) is 7.70. The average molecular weight is 283 g/mol. The summed E-state index contributed by atoms with van der Waals surface area (Å²) in [4.78, 5) is 14.7. The number of nitrogens with two attached hydrogens (primary N) is 1. The number of rotatable bonds is 4. The van der Waals surface area contributed by atoms with Crippen LogP contribution in [0.3, 0.4) is 0 Å². The minimum absolute atomic E-state index is 0.296. The van der Waals surface area contributed by atoms with Gasteiger partial charge in [-0.15, -0.1) is 0 Å². The minimum atomic E-state index is -0.296. The first-order valence-corrected chi connectivity index (χ1v) is 8.09. The van der Waals surface area contributed by atoms with Crippen LogP contribution in [0.1, 0.15) is 46.5 Å². The highest BCUT2D eigenvalue weighted by Gasteiger charge is 2.35. The molecule has 4 nitrogen and oxygen atoms in total. The van der Waals surface area contributed by atoms with Gasteiger partial charge in [0.2, 0.25) is 0 Å². The molecule has 3 atom stereocenters. The molecule has 2 saturated heterocycles. The molecule has 2 N–H and O–H groups in total. The van der Waals surface area contributed by atoms with Crippen LogP contribution in [-0.4, -0.2) is 60.9 Å². The molecule has 0 saturated carbocycles. The zero-order valence-electron chi connectivity index (χ0n) is 13.7. The van der Waals surface area contributed by atoms with Crippen LogP contribution < -0.4 is 5.73 Å². The monoisotopic (exact) mass is 283 g/mol. The van der Waals surface area contributed by atoms with Crippen LogP contribution in [0.15, 0.2) is 0 Å². The molecule has 20 heavy (non-hydrogen) atoms. The van der Waals surface area contributed by atoms with Gasteiger partial charge in [0, 0.05) is 31.7 Å². The van der Waals surface area contributed by atoms with E-state index in [9.17, 15) is 4.79 Å². The molecule has 2 aliphatic rings. The summed E-state index contributed by atoms with van der Waals surface area (Å²) in [6.07, 6.45) is 6.42. The zero-order chi connectivity index (χ0) is 15.1. The van der Waals surface area contributed by atoms with Crippen LogP contribution in [0.25, 0.3) is 0 Å². The average Bonchev–Trinajstić information content (AvgIpc) is 2.79. The van der Waals surface area contributed by atoms with Crippen LogP contribution in [0.2, 0.25) is 0 Å². The maximum Gasteiger partial charge on any atom is 0.136 e. The molecule has 4 heteroatoms. The Morgan fingerprint density at radius 1 is 1.25 bits per heavy atom. The van der Waals surface area contributed by atoms with Crippen molar-refractivity contribution in [3.63, 3.8) is 0 Å². The number of hydrogen-bond acceptors (Lipinski definition) is 4. The lowest BCUT2D eigenvalue weighted by molar-refractivity contribution is -0.108. The SMILES string of the molecule is CC(C)CCC1CCC2CN(C)CCN12.CC(N)C=O. The van der Waals surface area contributed by atoms with E-state index in [0.717, 1.165) is 18.0 Å². The zero-order valence-corrected chi connectivity index (χ0v) is 13.7. The van der Waals surface area contributed by atoms with E-state index in [2.05, 4.69) is 30.7 Å². The van der Waals surface area contributed by atoms with Crippen LogP contribution in [0, 0.1) is 5.92 Å². The highest BCUT2D eigenvalue weighted by Crippen LogP contribution is 2.30. The Morgan fingerprint density at radius 3 is 2.45 bits per heavy atom. The van der Waals surface area contributed by atoms with Gasteiger partial charge in [0.05, 0.1) is 6.04 Å². The van der Waals surface area contributed by atoms with Crippen LogP contribution in [-0.2, 0) is 4.79 Å². The molecule has 0 aromatic heterocycles. The second-order valence-electron chi connectivity index (χ2n) is 6.85. The van der Waals surface area contributed by atoms with Gasteiger partial charge in [-0.3, -0.25) is 4.90 Å². The Labute approximate surface area is 124 Å². The van der Waals surface area contributed by atoms with Gasteiger partial charge in [-0.05, 0) is 45.6 Å². The number of nitrogens with zero attached hydrogens (tertiary/aromatic N) is 2. The topological polar surface area (TPSA) is 49.6 Å². The van der Waals surface area contributed by atoms with Gasteiger partial charge in [-0.1, -0.05) is 13.8 Å². The molecule has 2 rings (SSSR count). The minimum Gasteiger partial charge on any atom is -0.322 e. The van der Waals surface area contributed by atoms with Crippen molar-refractivity contribution >= 4 is 6.29 Å². The molecule has 0 aliphatic carbocycles. The summed E-state index contributed by atoms with van der Waals surface area (Å²) < 4.78 is 0. The highest BCUT2D eigenvalue weighted by molar-refractivity contribution is 5.55. The molecule has 0 amide bonds. The van der Waals surface area contributed by atoms with E-state index in [1.807, 2.05) is 0 Å². The lowest BCUT2D eigenvalue weighted by Crippen LogP contribution is -2.51. The standard InChI is InChI=1S/C13H26N2.C3H7NO/c1-11(2)4-5-12-6-7-13-10-14(3)8-9-15(12)13;1-3(4)2-5/h11-13H,4-10H2,1-3H3;2-3H,4H2,1H3. The predicted molar refractivity (Wildman–Crippen MR) is 84.8 cm³/mol. The predicted octanol–water partition coefficient (Wildman–Crippen LogP) is 1.73. The number of aldehydes is 1. The molecular weight excluding hydrogens is 250 g/mol. The first-order chi connectivity index (χ1) is 9.43. The summed E-state index contributed by atoms with van der Waals surface area (Å²) in [5.41, 5.74) is 4.92. The van der Waals surface area contributed by atoms with E-state index in [0.29, 0.717) is 6.29 Å². The van der Waals surface area contributed by atoms with E-state index in [-0.39, 0.29) is 6.04 Å². The fourth-order valence-corrected chi connectivity index (χ4v) is 3.15. The normalized spacial score (nSPS) is 28.7. The summed E-state index contributed by atoms with van der Waals surface area (Å²) in [5, 5.41) is 0. The van der Waals surface area contributed by atoms with Crippen molar-refractivity contribution in [3.8, 4) is 0 Å². The lowest BCUT2D eigenvalue weighted by atomic mass is 10.0. The smallest absolute Gasteiger partial charge is 0.136 e. The summed E-state index contributed by atoms with van der Waals surface area (Å²) >= 11 is 0. The highest BCUT2D eigenvalue weighted by atomic mass is 16.1. The third kappa shape index (κ3) is 5.90. The van der Waals surface area contributed by atoms with Gasteiger partial charge in [0.1, 0.15) is 6.29 Å². The molecule has 2 heterocycles. The maximum absolute atomic E-state index is 9.38. The summed E-state index contributed by atoms with van der Waals surface area (Å²) in [6, 6.07) is 1.49. The van der Waals surface area contributed by atoms with Crippen molar-refractivity contribution in [2.75, 3.05) is 26.7 Å². The van der Waals surface area contributed by atoms with E-state index < -0.39 is 0 Å². The summed E-state index contributed by atoms with van der Waals surface area (Å²) in [6.45, 7) is 10.2.